The molecule has 0 bridgehead atoms. The van der Waals surface area contributed by atoms with Crippen LogP contribution in [0.25, 0.3) is 10.9 Å². The summed E-state index contributed by atoms with van der Waals surface area (Å²) in [5, 5.41) is 11.5. The summed E-state index contributed by atoms with van der Waals surface area (Å²) < 4.78 is 2.01. The lowest BCUT2D eigenvalue weighted by Crippen LogP contribution is -2.22. The van der Waals surface area contributed by atoms with Gasteiger partial charge in [0.25, 0.3) is 0 Å². The molecule has 3 heteroatoms. The number of carbonyl (C=O) groups excluding carboxylic acids is 1. The van der Waals surface area contributed by atoms with Crippen molar-refractivity contribution in [1.82, 2.24) is 4.57 Å². The first-order valence-electron chi connectivity index (χ1n) is 4.91. The minimum absolute atomic E-state index is 0.0774. The van der Waals surface area contributed by atoms with E-state index < -0.39 is 5.97 Å². The van der Waals surface area contributed by atoms with Crippen LogP contribution in [0.2, 0.25) is 0 Å². The number of carbonyl (C=O) groups is 1. The van der Waals surface area contributed by atoms with Gasteiger partial charge >= 0.3 is 0 Å². The SMILES string of the molecule is Cn1cc(CCC(=O)[O-])c2ccccc21. The van der Waals surface area contributed by atoms with Crippen LogP contribution in [0.15, 0.2) is 30.5 Å². The molecule has 1 heterocycles. The van der Waals surface area contributed by atoms with E-state index in [-0.39, 0.29) is 6.42 Å². The molecule has 0 amide bonds. The maximum absolute atomic E-state index is 10.4. The highest BCUT2D eigenvalue weighted by Crippen LogP contribution is 2.21. The quantitative estimate of drug-likeness (QED) is 0.741. The third-order valence-electron chi connectivity index (χ3n) is 2.58. The second-order valence-corrected chi connectivity index (χ2v) is 3.65. The molecule has 0 aliphatic rings. The first-order chi connectivity index (χ1) is 7.18. The Kier molecular flexibility index (Phi) is 2.46. The van der Waals surface area contributed by atoms with Crippen LogP contribution in [-0.2, 0) is 18.3 Å². The van der Waals surface area contributed by atoms with Gasteiger partial charge in [0.05, 0.1) is 0 Å². The van der Waals surface area contributed by atoms with Crippen molar-refractivity contribution in [1.29, 1.82) is 0 Å². The van der Waals surface area contributed by atoms with Crippen molar-refractivity contribution in [3.63, 3.8) is 0 Å². The van der Waals surface area contributed by atoms with Crippen LogP contribution in [0.5, 0.6) is 0 Å². The molecular formula is C12H12NO2-. The number of fused-ring (bicyclic) bond motifs is 1. The normalized spacial score (nSPS) is 10.7. The summed E-state index contributed by atoms with van der Waals surface area (Å²) in [6, 6.07) is 7.98. The van der Waals surface area contributed by atoms with Crippen molar-refractivity contribution in [2.75, 3.05) is 0 Å². The predicted octanol–water partition coefficient (Wildman–Crippen LogP) is 0.861. The largest absolute Gasteiger partial charge is 0.550 e. The molecule has 78 valence electrons. The van der Waals surface area contributed by atoms with Crippen molar-refractivity contribution in [2.24, 2.45) is 7.05 Å². The second-order valence-electron chi connectivity index (χ2n) is 3.65. The second kappa shape index (κ2) is 3.77. The highest BCUT2D eigenvalue weighted by molar-refractivity contribution is 5.84. The lowest BCUT2D eigenvalue weighted by Gasteiger charge is -2.00. The fourth-order valence-corrected chi connectivity index (χ4v) is 1.86. The van der Waals surface area contributed by atoms with E-state index in [1.807, 2.05) is 42.1 Å². The Labute approximate surface area is 87.9 Å². The molecule has 0 saturated carbocycles. The Bertz CT molecular complexity index is 499. The Morgan fingerprint density at radius 3 is 2.87 bits per heavy atom. The molecule has 0 aliphatic carbocycles. The summed E-state index contributed by atoms with van der Waals surface area (Å²) in [4.78, 5) is 10.4. The van der Waals surface area contributed by atoms with Gasteiger partial charge in [0.2, 0.25) is 0 Å². The Morgan fingerprint density at radius 2 is 2.13 bits per heavy atom. The summed E-state index contributed by atoms with van der Waals surface area (Å²) >= 11 is 0. The molecule has 3 nitrogen and oxygen atoms in total. The highest BCUT2D eigenvalue weighted by atomic mass is 16.4. The van der Waals surface area contributed by atoms with E-state index in [4.69, 9.17) is 0 Å². The zero-order valence-electron chi connectivity index (χ0n) is 8.56. The molecule has 0 atom stereocenters. The van der Waals surface area contributed by atoms with Gasteiger partial charge in [-0.2, -0.15) is 0 Å². The van der Waals surface area contributed by atoms with Crippen LogP contribution in [0, 0.1) is 0 Å². The minimum atomic E-state index is -0.997. The van der Waals surface area contributed by atoms with Gasteiger partial charge < -0.3 is 14.5 Å². The first-order valence-corrected chi connectivity index (χ1v) is 4.91. The molecule has 15 heavy (non-hydrogen) atoms. The van der Waals surface area contributed by atoms with E-state index in [1.54, 1.807) is 0 Å². The van der Waals surface area contributed by atoms with Crippen molar-refractivity contribution >= 4 is 16.9 Å². The third kappa shape index (κ3) is 1.86. The molecule has 1 aromatic heterocycles. The van der Waals surface area contributed by atoms with Gasteiger partial charge in [0.15, 0.2) is 0 Å². The number of hydrogen-bond acceptors (Lipinski definition) is 2. The maximum atomic E-state index is 10.4. The number of hydrogen-bond donors (Lipinski definition) is 0. The third-order valence-corrected chi connectivity index (χ3v) is 2.58. The number of nitrogens with zero attached hydrogens (tertiary/aromatic N) is 1. The predicted molar refractivity (Wildman–Crippen MR) is 56.2 cm³/mol. The Morgan fingerprint density at radius 1 is 1.40 bits per heavy atom. The fourth-order valence-electron chi connectivity index (χ4n) is 1.86. The number of aryl methyl sites for hydroxylation is 2. The number of carboxylic acids is 1. The maximum Gasteiger partial charge on any atom is 0.0480 e. The molecule has 0 spiro atoms. The monoisotopic (exact) mass is 202 g/mol. The van der Waals surface area contributed by atoms with E-state index in [0.29, 0.717) is 6.42 Å². The van der Waals surface area contributed by atoms with Crippen molar-refractivity contribution in [3.8, 4) is 0 Å². The molecule has 0 unspecified atom stereocenters. The lowest BCUT2D eigenvalue weighted by molar-refractivity contribution is -0.305. The van der Waals surface area contributed by atoms with E-state index >= 15 is 0 Å². The van der Waals surface area contributed by atoms with E-state index in [0.717, 1.165) is 16.5 Å². The van der Waals surface area contributed by atoms with E-state index in [2.05, 4.69) is 0 Å². The Balaban J connectivity index is 2.39. The van der Waals surface area contributed by atoms with Gasteiger partial charge in [-0.15, -0.1) is 0 Å². The van der Waals surface area contributed by atoms with Crippen LogP contribution < -0.4 is 5.11 Å². The molecule has 0 saturated heterocycles. The van der Waals surface area contributed by atoms with Crippen molar-refractivity contribution in [2.45, 2.75) is 12.8 Å². The molecule has 0 N–H and O–H groups in total. The number of aromatic nitrogens is 1. The van der Waals surface area contributed by atoms with E-state index in [1.165, 1.54) is 0 Å². The van der Waals surface area contributed by atoms with Gasteiger partial charge in [0, 0.05) is 30.1 Å². The lowest BCUT2D eigenvalue weighted by atomic mass is 10.1. The van der Waals surface area contributed by atoms with Gasteiger partial charge in [0.1, 0.15) is 0 Å². The summed E-state index contributed by atoms with van der Waals surface area (Å²) in [7, 11) is 1.96. The number of para-hydroxylation sites is 1. The topological polar surface area (TPSA) is 45.1 Å². The number of benzene rings is 1. The van der Waals surface area contributed by atoms with Crippen LogP contribution in [0.3, 0.4) is 0 Å². The molecule has 0 fully saturated rings. The average Bonchev–Trinajstić information content (AvgIpc) is 2.54. The summed E-state index contributed by atoms with van der Waals surface area (Å²) in [5.74, 6) is -0.997. The fraction of sp³-hybridized carbons (Fsp3) is 0.250. The summed E-state index contributed by atoms with van der Waals surface area (Å²) in [5.41, 5.74) is 2.20. The molecule has 2 aromatic rings. The van der Waals surface area contributed by atoms with Crippen molar-refractivity contribution < 1.29 is 9.90 Å². The zero-order chi connectivity index (χ0) is 10.8. The standard InChI is InChI=1S/C12H13NO2/c1-13-8-9(6-7-12(14)15)10-4-2-3-5-11(10)13/h2-5,8H,6-7H2,1H3,(H,14,15)/p-1. The molecule has 0 radical (unpaired) electrons. The Hall–Kier alpha value is -1.77. The van der Waals surface area contributed by atoms with Crippen LogP contribution >= 0.6 is 0 Å². The highest BCUT2D eigenvalue weighted by Gasteiger charge is 2.04. The number of carboxylic acid groups (broad SMARTS) is 1. The molecule has 2 rings (SSSR count). The van der Waals surface area contributed by atoms with Crippen molar-refractivity contribution in [3.05, 3.63) is 36.0 Å². The molecule has 0 aliphatic heterocycles. The minimum Gasteiger partial charge on any atom is -0.550 e. The summed E-state index contributed by atoms with van der Waals surface area (Å²) in [6.45, 7) is 0. The van der Waals surface area contributed by atoms with Crippen LogP contribution in [0.4, 0.5) is 0 Å². The van der Waals surface area contributed by atoms with Crippen LogP contribution in [0.1, 0.15) is 12.0 Å². The van der Waals surface area contributed by atoms with E-state index in [9.17, 15) is 9.90 Å². The average molecular weight is 202 g/mol. The van der Waals surface area contributed by atoms with Crippen LogP contribution in [-0.4, -0.2) is 10.5 Å². The molecule has 1 aromatic carbocycles. The van der Waals surface area contributed by atoms with Gasteiger partial charge in [-0.3, -0.25) is 0 Å². The number of rotatable bonds is 3. The smallest absolute Gasteiger partial charge is 0.0480 e. The van der Waals surface area contributed by atoms with Gasteiger partial charge in [-0.1, -0.05) is 18.2 Å². The first kappa shape index (κ1) is 9.77. The number of aliphatic carboxylic acids is 1. The van der Waals surface area contributed by atoms with Gasteiger partial charge in [-0.25, -0.2) is 0 Å². The molecular weight excluding hydrogens is 190 g/mol. The summed E-state index contributed by atoms with van der Waals surface area (Å²) in [6.07, 6.45) is 2.59. The zero-order valence-corrected chi connectivity index (χ0v) is 8.56. The van der Waals surface area contributed by atoms with Gasteiger partial charge in [-0.05, 0) is 24.5 Å².